The molecule has 1 aromatic heterocycles. The van der Waals surface area contributed by atoms with Crippen LogP contribution in [0, 0.1) is 0 Å². The topological polar surface area (TPSA) is 59.5 Å². The van der Waals surface area contributed by atoms with Crippen LogP contribution in [0.25, 0.3) is 0 Å². The Morgan fingerprint density at radius 3 is 2.82 bits per heavy atom. The fourth-order valence-corrected chi connectivity index (χ4v) is 3.77. The molecule has 1 saturated heterocycles. The number of hydrogen-bond acceptors (Lipinski definition) is 4. The molecule has 122 valence electrons. The van der Waals surface area contributed by atoms with Crippen LogP contribution in [0.2, 0.25) is 5.15 Å². The number of halogens is 1. The van der Waals surface area contributed by atoms with E-state index in [0.29, 0.717) is 24.0 Å². The molecule has 1 fully saturated rings. The van der Waals surface area contributed by atoms with Crippen LogP contribution in [-0.4, -0.2) is 44.1 Å². The smallest absolute Gasteiger partial charge is 0.410 e. The lowest BCUT2D eigenvalue weighted by atomic mass is 10.2. The van der Waals surface area contributed by atoms with E-state index >= 15 is 0 Å². The summed E-state index contributed by atoms with van der Waals surface area (Å²) in [6.07, 6.45) is 2.04. The predicted molar refractivity (Wildman–Crippen MR) is 87.3 cm³/mol. The standard InChI is InChI=1S/C15H21ClN2O3S/c1-15(2,3)21-14(19)18-7-6-12(9-18)22(20)10-11-4-5-13(16)17-8-11/h4-5,8,12H,6-7,9-10H2,1-3H3/t12-,22?/m0/s1. The second-order valence-electron chi connectivity index (χ2n) is 6.35. The first-order valence-electron chi connectivity index (χ1n) is 7.20. The molecular weight excluding hydrogens is 324 g/mol. The van der Waals surface area contributed by atoms with Gasteiger partial charge in [0, 0.05) is 30.1 Å². The molecule has 22 heavy (non-hydrogen) atoms. The Morgan fingerprint density at radius 2 is 2.23 bits per heavy atom. The average molecular weight is 345 g/mol. The Morgan fingerprint density at radius 1 is 1.50 bits per heavy atom. The lowest BCUT2D eigenvalue weighted by Gasteiger charge is -2.24. The Bertz CT molecular complexity index is 557. The number of carbonyl (C=O) groups excluding carboxylic acids is 1. The first kappa shape index (κ1) is 17.2. The number of pyridine rings is 1. The number of aromatic nitrogens is 1. The van der Waals surface area contributed by atoms with E-state index in [1.807, 2.05) is 26.8 Å². The van der Waals surface area contributed by atoms with Gasteiger partial charge >= 0.3 is 6.09 Å². The summed E-state index contributed by atoms with van der Waals surface area (Å²) in [4.78, 5) is 17.6. The minimum Gasteiger partial charge on any atom is -0.444 e. The number of nitrogens with zero attached hydrogens (tertiary/aromatic N) is 2. The fourth-order valence-electron chi connectivity index (χ4n) is 2.21. The lowest BCUT2D eigenvalue weighted by molar-refractivity contribution is 0.0295. The summed E-state index contributed by atoms with van der Waals surface area (Å²) in [7, 11) is -1.05. The summed E-state index contributed by atoms with van der Waals surface area (Å²) in [6.45, 7) is 6.57. The highest BCUT2D eigenvalue weighted by atomic mass is 35.5. The quantitative estimate of drug-likeness (QED) is 0.791. The van der Waals surface area contributed by atoms with Gasteiger partial charge in [-0.3, -0.25) is 4.21 Å². The van der Waals surface area contributed by atoms with Gasteiger partial charge in [-0.2, -0.15) is 0 Å². The summed E-state index contributed by atoms with van der Waals surface area (Å²) in [6, 6.07) is 3.52. The number of hydrogen-bond donors (Lipinski definition) is 0. The number of likely N-dealkylation sites (tertiary alicyclic amines) is 1. The van der Waals surface area contributed by atoms with Gasteiger partial charge in [-0.25, -0.2) is 9.78 Å². The molecule has 1 aliphatic rings. The van der Waals surface area contributed by atoms with E-state index in [0.717, 1.165) is 12.0 Å². The molecule has 2 atom stereocenters. The van der Waals surface area contributed by atoms with E-state index in [1.54, 1.807) is 17.2 Å². The molecule has 1 aromatic rings. The van der Waals surface area contributed by atoms with Crippen molar-refractivity contribution in [2.45, 2.75) is 43.8 Å². The maximum atomic E-state index is 12.4. The van der Waals surface area contributed by atoms with Crippen LogP contribution in [0.15, 0.2) is 18.3 Å². The SMILES string of the molecule is CC(C)(C)OC(=O)N1CC[C@H](S(=O)Cc2ccc(Cl)nc2)C1. The van der Waals surface area contributed by atoms with Crippen LogP contribution in [0.4, 0.5) is 4.79 Å². The summed E-state index contributed by atoms with van der Waals surface area (Å²) in [5.74, 6) is 0.428. The third-order valence-corrected chi connectivity index (χ3v) is 5.24. The van der Waals surface area contributed by atoms with Gasteiger partial charge in [0.05, 0.1) is 11.0 Å². The maximum absolute atomic E-state index is 12.4. The van der Waals surface area contributed by atoms with Crippen molar-refractivity contribution in [2.75, 3.05) is 13.1 Å². The van der Waals surface area contributed by atoms with Crippen molar-refractivity contribution < 1.29 is 13.7 Å². The molecule has 0 spiro atoms. The molecule has 2 rings (SSSR count). The van der Waals surface area contributed by atoms with Crippen molar-refractivity contribution in [1.29, 1.82) is 0 Å². The monoisotopic (exact) mass is 344 g/mol. The average Bonchev–Trinajstić information content (AvgIpc) is 2.89. The number of carbonyl (C=O) groups is 1. The van der Waals surface area contributed by atoms with Gasteiger partial charge < -0.3 is 9.64 Å². The molecule has 0 N–H and O–H groups in total. The van der Waals surface area contributed by atoms with E-state index in [1.165, 1.54) is 0 Å². The van der Waals surface area contributed by atoms with E-state index in [-0.39, 0.29) is 11.3 Å². The van der Waals surface area contributed by atoms with Gasteiger partial charge in [0.25, 0.3) is 0 Å². The lowest BCUT2D eigenvalue weighted by Crippen LogP contribution is -2.36. The molecule has 5 nitrogen and oxygen atoms in total. The number of rotatable bonds is 3. The second kappa shape index (κ2) is 6.96. The summed E-state index contributed by atoms with van der Waals surface area (Å²) < 4.78 is 17.8. The first-order chi connectivity index (χ1) is 10.2. The van der Waals surface area contributed by atoms with E-state index < -0.39 is 16.4 Å². The molecule has 7 heteroatoms. The van der Waals surface area contributed by atoms with Crippen molar-refractivity contribution in [2.24, 2.45) is 0 Å². The van der Waals surface area contributed by atoms with Gasteiger partial charge in [-0.1, -0.05) is 17.7 Å². The normalized spacial score (nSPS) is 20.0. The molecule has 0 bridgehead atoms. The predicted octanol–water partition coefficient (Wildman–Crippen LogP) is 2.99. The minimum absolute atomic E-state index is 0.0248. The summed E-state index contributed by atoms with van der Waals surface area (Å²) >= 11 is 5.74. The highest BCUT2D eigenvalue weighted by molar-refractivity contribution is 7.84. The van der Waals surface area contributed by atoms with Gasteiger partial charge in [0.15, 0.2) is 0 Å². The van der Waals surface area contributed by atoms with Crippen LogP contribution in [-0.2, 0) is 21.3 Å². The summed E-state index contributed by atoms with van der Waals surface area (Å²) in [5, 5.41) is 0.398. The van der Waals surface area contributed by atoms with Gasteiger partial charge in [-0.05, 0) is 38.8 Å². The van der Waals surface area contributed by atoms with Crippen LogP contribution >= 0.6 is 11.6 Å². The van der Waals surface area contributed by atoms with Gasteiger partial charge in [0.1, 0.15) is 10.8 Å². The van der Waals surface area contributed by atoms with E-state index in [2.05, 4.69) is 4.98 Å². The Kier molecular flexibility index (Phi) is 5.45. The Hall–Kier alpha value is -1.14. The van der Waals surface area contributed by atoms with Crippen LogP contribution < -0.4 is 0 Å². The third-order valence-electron chi connectivity index (χ3n) is 3.27. The van der Waals surface area contributed by atoms with E-state index in [4.69, 9.17) is 16.3 Å². The third kappa shape index (κ3) is 4.95. The van der Waals surface area contributed by atoms with Crippen molar-refractivity contribution in [1.82, 2.24) is 9.88 Å². The van der Waals surface area contributed by atoms with Crippen LogP contribution in [0.1, 0.15) is 32.8 Å². The van der Waals surface area contributed by atoms with Gasteiger partial charge in [-0.15, -0.1) is 0 Å². The zero-order valence-corrected chi connectivity index (χ0v) is 14.6. The first-order valence-corrected chi connectivity index (χ1v) is 8.96. The zero-order chi connectivity index (χ0) is 16.3. The maximum Gasteiger partial charge on any atom is 0.410 e. The molecule has 0 radical (unpaired) electrons. The molecule has 0 aromatic carbocycles. The Labute approximate surface area is 138 Å². The zero-order valence-electron chi connectivity index (χ0n) is 13.0. The van der Waals surface area contributed by atoms with Crippen molar-refractivity contribution in [3.8, 4) is 0 Å². The fraction of sp³-hybridized carbons (Fsp3) is 0.600. The minimum atomic E-state index is -1.05. The molecule has 0 aliphatic carbocycles. The largest absolute Gasteiger partial charge is 0.444 e. The van der Waals surface area contributed by atoms with Crippen molar-refractivity contribution in [3.05, 3.63) is 29.0 Å². The molecule has 1 unspecified atom stereocenters. The number of ether oxygens (including phenoxy) is 1. The molecule has 1 aliphatic heterocycles. The highest BCUT2D eigenvalue weighted by Gasteiger charge is 2.32. The molecule has 1 amide bonds. The van der Waals surface area contributed by atoms with Crippen LogP contribution in [0.5, 0.6) is 0 Å². The van der Waals surface area contributed by atoms with Crippen molar-refractivity contribution in [3.63, 3.8) is 0 Å². The summed E-state index contributed by atoms with van der Waals surface area (Å²) in [5.41, 5.74) is 0.377. The molecule has 2 heterocycles. The highest BCUT2D eigenvalue weighted by Crippen LogP contribution is 2.20. The second-order valence-corrected chi connectivity index (χ2v) is 8.46. The Balaban J connectivity index is 1.88. The van der Waals surface area contributed by atoms with Gasteiger partial charge in [0.2, 0.25) is 0 Å². The van der Waals surface area contributed by atoms with Crippen molar-refractivity contribution >= 4 is 28.5 Å². The van der Waals surface area contributed by atoms with E-state index in [9.17, 15) is 9.00 Å². The number of amides is 1. The molecule has 0 saturated carbocycles. The van der Waals surface area contributed by atoms with Crippen LogP contribution in [0.3, 0.4) is 0 Å². The molecular formula is C15H21ClN2O3S.